The van der Waals surface area contributed by atoms with E-state index in [2.05, 4.69) is 20.4 Å². The highest BCUT2D eigenvalue weighted by molar-refractivity contribution is 5.46. The van der Waals surface area contributed by atoms with Gasteiger partial charge in [-0.2, -0.15) is 4.68 Å². The summed E-state index contributed by atoms with van der Waals surface area (Å²) in [6.45, 7) is 4.68. The van der Waals surface area contributed by atoms with Crippen molar-refractivity contribution in [2.24, 2.45) is 0 Å². The largest absolute Gasteiger partial charge is 0.395 e. The molecule has 2 atom stereocenters. The Morgan fingerprint density at radius 3 is 2.57 bits per heavy atom. The second-order valence-corrected chi connectivity index (χ2v) is 7.42. The third kappa shape index (κ3) is 3.43. The molecule has 1 aliphatic heterocycles. The zero-order valence-corrected chi connectivity index (χ0v) is 16.1. The van der Waals surface area contributed by atoms with E-state index in [-0.39, 0.29) is 24.5 Å². The van der Waals surface area contributed by atoms with Crippen molar-refractivity contribution in [3.05, 3.63) is 70.8 Å². The molecule has 0 radical (unpaired) electrons. The summed E-state index contributed by atoms with van der Waals surface area (Å²) in [4.78, 5) is 2.19. The average Bonchev–Trinajstić information content (AvgIpc) is 3.28. The number of aromatic nitrogens is 4. The van der Waals surface area contributed by atoms with E-state index in [1.54, 1.807) is 6.07 Å². The Labute approximate surface area is 163 Å². The lowest BCUT2D eigenvalue weighted by Crippen LogP contribution is -2.34. The van der Waals surface area contributed by atoms with Crippen LogP contribution in [-0.2, 0) is 6.54 Å². The molecule has 7 heteroatoms. The number of hydrogen-bond donors (Lipinski definition) is 1. The van der Waals surface area contributed by atoms with Gasteiger partial charge in [-0.3, -0.25) is 4.90 Å². The molecule has 1 aromatic heterocycles. The van der Waals surface area contributed by atoms with E-state index >= 15 is 0 Å². The number of aliphatic hydroxyl groups excluding tert-OH is 1. The lowest BCUT2D eigenvalue weighted by molar-refractivity contribution is 0.118. The second-order valence-electron chi connectivity index (χ2n) is 7.42. The first kappa shape index (κ1) is 18.7. The molecule has 146 valence electrons. The highest BCUT2D eigenvalue weighted by Crippen LogP contribution is 2.37. The van der Waals surface area contributed by atoms with Gasteiger partial charge in [0.15, 0.2) is 5.82 Å². The Kier molecular flexibility index (Phi) is 5.19. The Morgan fingerprint density at radius 1 is 1.11 bits per heavy atom. The van der Waals surface area contributed by atoms with E-state index < -0.39 is 0 Å². The van der Waals surface area contributed by atoms with E-state index in [4.69, 9.17) is 0 Å². The molecule has 0 amide bonds. The molecular weight excluding hydrogens is 357 g/mol. The number of rotatable bonds is 5. The normalized spacial score (nSPS) is 20.0. The van der Waals surface area contributed by atoms with Crippen LogP contribution in [0, 0.1) is 19.7 Å². The summed E-state index contributed by atoms with van der Waals surface area (Å²) in [5.41, 5.74) is 4.06. The van der Waals surface area contributed by atoms with E-state index in [0.29, 0.717) is 6.54 Å². The summed E-state index contributed by atoms with van der Waals surface area (Å²) in [5, 5.41) is 22.4. The topological polar surface area (TPSA) is 67.1 Å². The Hall–Kier alpha value is -2.64. The Balaban J connectivity index is 1.71. The molecule has 2 aromatic carbocycles. The van der Waals surface area contributed by atoms with Crippen LogP contribution in [0.3, 0.4) is 0 Å². The second kappa shape index (κ2) is 7.77. The van der Waals surface area contributed by atoms with Crippen LogP contribution in [0.2, 0.25) is 0 Å². The maximum Gasteiger partial charge on any atom is 0.173 e. The predicted octanol–water partition coefficient (Wildman–Crippen LogP) is 3.12. The summed E-state index contributed by atoms with van der Waals surface area (Å²) in [6, 6.07) is 12.7. The minimum atomic E-state index is -0.255. The minimum Gasteiger partial charge on any atom is -0.395 e. The summed E-state index contributed by atoms with van der Waals surface area (Å²) in [6.07, 6.45) is 1.68. The fourth-order valence-corrected chi connectivity index (χ4v) is 4.20. The van der Waals surface area contributed by atoms with Crippen molar-refractivity contribution in [1.82, 2.24) is 25.1 Å². The molecule has 3 aromatic rings. The highest BCUT2D eigenvalue weighted by atomic mass is 19.1. The van der Waals surface area contributed by atoms with Gasteiger partial charge >= 0.3 is 0 Å². The monoisotopic (exact) mass is 381 g/mol. The molecule has 1 aliphatic rings. The molecule has 2 heterocycles. The van der Waals surface area contributed by atoms with E-state index in [1.807, 2.05) is 42.8 Å². The van der Waals surface area contributed by atoms with E-state index in [0.717, 1.165) is 41.0 Å². The number of aliphatic hydroxyl groups is 1. The maximum atomic E-state index is 13.7. The van der Waals surface area contributed by atoms with Gasteiger partial charge in [0.05, 0.1) is 18.3 Å². The number of benzene rings is 2. The molecule has 0 saturated carbocycles. The summed E-state index contributed by atoms with van der Waals surface area (Å²) in [5.74, 6) is 0.499. The molecule has 0 spiro atoms. The molecule has 0 bridgehead atoms. The van der Waals surface area contributed by atoms with Gasteiger partial charge in [0.25, 0.3) is 0 Å². The first-order valence-electron chi connectivity index (χ1n) is 9.54. The molecule has 4 rings (SSSR count). The van der Waals surface area contributed by atoms with Gasteiger partial charge in [-0.15, -0.1) is 5.10 Å². The average molecular weight is 381 g/mol. The fourth-order valence-electron chi connectivity index (χ4n) is 4.20. The van der Waals surface area contributed by atoms with E-state index in [1.165, 1.54) is 12.1 Å². The summed E-state index contributed by atoms with van der Waals surface area (Å²) in [7, 11) is 0. The van der Waals surface area contributed by atoms with Crippen LogP contribution in [0.1, 0.15) is 41.4 Å². The first-order valence-corrected chi connectivity index (χ1v) is 9.54. The predicted molar refractivity (Wildman–Crippen MR) is 103 cm³/mol. The van der Waals surface area contributed by atoms with Crippen LogP contribution in [0.5, 0.6) is 0 Å². The van der Waals surface area contributed by atoms with E-state index in [9.17, 15) is 9.50 Å². The number of likely N-dealkylation sites (tertiary alicyclic amines) is 1. The maximum absolute atomic E-state index is 13.7. The summed E-state index contributed by atoms with van der Waals surface area (Å²) < 4.78 is 15.5. The Bertz CT molecular complexity index is 953. The zero-order chi connectivity index (χ0) is 19.7. The third-order valence-electron chi connectivity index (χ3n) is 5.55. The molecule has 0 unspecified atom stereocenters. The van der Waals surface area contributed by atoms with Gasteiger partial charge in [0.1, 0.15) is 5.82 Å². The van der Waals surface area contributed by atoms with Crippen molar-refractivity contribution in [2.75, 3.05) is 6.61 Å². The quantitative estimate of drug-likeness (QED) is 0.736. The van der Waals surface area contributed by atoms with Crippen molar-refractivity contribution >= 4 is 0 Å². The minimum absolute atomic E-state index is 0.00335. The van der Waals surface area contributed by atoms with Gasteiger partial charge in [0, 0.05) is 12.6 Å². The SMILES string of the molecule is Cc1cccc(C)c1-n1nnnc1[C@H]1CC[C@@H](CO)N1Cc1cccc(F)c1. The number of aryl methyl sites for hydroxylation is 2. The van der Waals surface area contributed by atoms with Crippen molar-refractivity contribution in [2.45, 2.75) is 45.3 Å². The molecule has 28 heavy (non-hydrogen) atoms. The van der Waals surface area contributed by atoms with Gasteiger partial charge in [-0.25, -0.2) is 4.39 Å². The van der Waals surface area contributed by atoms with Crippen molar-refractivity contribution < 1.29 is 9.50 Å². The number of nitrogens with zero attached hydrogens (tertiary/aromatic N) is 5. The van der Waals surface area contributed by atoms with Gasteiger partial charge in [-0.1, -0.05) is 30.3 Å². The number of tetrazole rings is 1. The van der Waals surface area contributed by atoms with Gasteiger partial charge in [0.2, 0.25) is 0 Å². The highest BCUT2D eigenvalue weighted by Gasteiger charge is 2.37. The molecular formula is C21H24FN5O. The van der Waals surface area contributed by atoms with Crippen molar-refractivity contribution in [1.29, 1.82) is 0 Å². The van der Waals surface area contributed by atoms with Gasteiger partial charge < -0.3 is 5.11 Å². The molecule has 1 N–H and O–H groups in total. The standard InChI is InChI=1S/C21H24FN5O/c1-14-5-3-6-15(2)20(14)27-21(23-24-25-27)19-10-9-18(13-28)26(19)12-16-7-4-8-17(22)11-16/h3-8,11,18-19,28H,9-10,12-13H2,1-2H3/t18-,19+/m0/s1. The van der Waals surface area contributed by atoms with Crippen LogP contribution in [0.15, 0.2) is 42.5 Å². The van der Waals surface area contributed by atoms with Gasteiger partial charge in [-0.05, 0) is 65.9 Å². The Morgan fingerprint density at radius 2 is 1.86 bits per heavy atom. The van der Waals surface area contributed by atoms with Crippen molar-refractivity contribution in [3.8, 4) is 5.69 Å². The number of halogens is 1. The van der Waals surface area contributed by atoms with Crippen LogP contribution >= 0.6 is 0 Å². The lowest BCUT2D eigenvalue weighted by atomic mass is 10.1. The van der Waals surface area contributed by atoms with Crippen LogP contribution in [-0.4, -0.2) is 42.9 Å². The summed E-state index contributed by atoms with van der Waals surface area (Å²) >= 11 is 0. The third-order valence-corrected chi connectivity index (χ3v) is 5.55. The number of hydrogen-bond acceptors (Lipinski definition) is 5. The zero-order valence-electron chi connectivity index (χ0n) is 16.1. The first-order chi connectivity index (χ1) is 13.6. The molecule has 6 nitrogen and oxygen atoms in total. The van der Waals surface area contributed by atoms with Crippen LogP contribution in [0.25, 0.3) is 5.69 Å². The lowest BCUT2D eigenvalue weighted by Gasteiger charge is -2.29. The van der Waals surface area contributed by atoms with Crippen molar-refractivity contribution in [3.63, 3.8) is 0 Å². The number of para-hydroxylation sites is 1. The molecule has 1 saturated heterocycles. The fraction of sp³-hybridized carbons (Fsp3) is 0.381. The smallest absolute Gasteiger partial charge is 0.173 e. The molecule has 0 aliphatic carbocycles. The van der Waals surface area contributed by atoms with Crippen LogP contribution in [0.4, 0.5) is 4.39 Å². The molecule has 1 fully saturated rings. The van der Waals surface area contributed by atoms with Crippen LogP contribution < -0.4 is 0 Å².